The van der Waals surface area contributed by atoms with Crippen LogP contribution in [-0.4, -0.2) is 22.4 Å². The third-order valence-corrected chi connectivity index (χ3v) is 3.93. The van der Waals surface area contributed by atoms with Gasteiger partial charge in [0, 0.05) is 31.3 Å². The molecule has 2 saturated carbocycles. The largest absolute Gasteiger partial charge is 0.355 e. The summed E-state index contributed by atoms with van der Waals surface area (Å²) in [4.78, 5) is 19.0. The third-order valence-electron chi connectivity index (χ3n) is 3.93. The number of carbonyl (C=O) groups excluding carboxylic acids is 1. The van der Waals surface area contributed by atoms with Crippen molar-refractivity contribution in [2.45, 2.75) is 25.7 Å². The minimum atomic E-state index is 0.265. The highest BCUT2D eigenvalue weighted by molar-refractivity contribution is 5.82. The lowest BCUT2D eigenvalue weighted by Gasteiger charge is -2.05. The molecule has 1 aromatic heterocycles. The highest BCUT2D eigenvalue weighted by Crippen LogP contribution is 2.57. The van der Waals surface area contributed by atoms with Gasteiger partial charge in [-0.05, 0) is 24.7 Å². The topological polar surface area (TPSA) is 57.8 Å². The van der Waals surface area contributed by atoms with Crippen molar-refractivity contribution in [1.82, 2.24) is 15.3 Å². The van der Waals surface area contributed by atoms with E-state index in [9.17, 15) is 4.79 Å². The maximum absolute atomic E-state index is 11.8. The van der Waals surface area contributed by atoms with Crippen LogP contribution >= 0.6 is 0 Å². The number of nitrogens with one attached hydrogen (secondary N) is 2. The molecule has 2 fully saturated rings. The number of fused-ring (bicyclic) bond motifs is 1. The monoisotopic (exact) mass is 219 g/mol. The minimum absolute atomic E-state index is 0.265. The van der Waals surface area contributed by atoms with E-state index < -0.39 is 0 Å². The summed E-state index contributed by atoms with van der Waals surface area (Å²) in [5.41, 5.74) is 0. The first-order chi connectivity index (χ1) is 7.86. The van der Waals surface area contributed by atoms with Crippen LogP contribution in [0.2, 0.25) is 0 Å². The summed E-state index contributed by atoms with van der Waals surface area (Å²) in [5.74, 6) is 2.97. The van der Waals surface area contributed by atoms with Crippen LogP contribution in [0.25, 0.3) is 0 Å². The number of carbonyl (C=O) groups is 1. The van der Waals surface area contributed by atoms with Crippen LogP contribution < -0.4 is 5.32 Å². The SMILES string of the molecule is O=C(NCCc1ncc[nH]1)C1C2CCCC21. The predicted octanol–water partition coefficient (Wildman–Crippen LogP) is 1.11. The molecule has 1 amide bonds. The molecule has 1 aromatic rings. The number of H-pyrrole nitrogens is 1. The highest BCUT2D eigenvalue weighted by Gasteiger charge is 2.56. The van der Waals surface area contributed by atoms with Crippen LogP contribution in [0.3, 0.4) is 0 Å². The van der Waals surface area contributed by atoms with Gasteiger partial charge in [-0.25, -0.2) is 4.98 Å². The van der Waals surface area contributed by atoms with Crippen molar-refractivity contribution in [3.8, 4) is 0 Å². The summed E-state index contributed by atoms with van der Waals surface area (Å²) in [5, 5.41) is 3.01. The molecule has 4 heteroatoms. The number of hydrogen-bond donors (Lipinski definition) is 2. The van der Waals surface area contributed by atoms with Crippen molar-refractivity contribution in [3.63, 3.8) is 0 Å². The van der Waals surface area contributed by atoms with Crippen LogP contribution in [-0.2, 0) is 11.2 Å². The van der Waals surface area contributed by atoms with Crippen molar-refractivity contribution in [2.24, 2.45) is 17.8 Å². The number of aromatic nitrogens is 2. The van der Waals surface area contributed by atoms with Crippen LogP contribution in [0.5, 0.6) is 0 Å². The Bertz CT molecular complexity index is 364. The summed E-state index contributed by atoms with van der Waals surface area (Å²) < 4.78 is 0. The van der Waals surface area contributed by atoms with E-state index in [0.29, 0.717) is 24.3 Å². The smallest absolute Gasteiger partial charge is 0.223 e. The first kappa shape index (κ1) is 9.87. The number of amides is 1. The van der Waals surface area contributed by atoms with Gasteiger partial charge in [0.25, 0.3) is 0 Å². The first-order valence-corrected chi connectivity index (χ1v) is 6.12. The second-order valence-electron chi connectivity index (χ2n) is 4.86. The van der Waals surface area contributed by atoms with E-state index in [1.54, 1.807) is 6.20 Å². The normalized spacial score (nSPS) is 31.1. The van der Waals surface area contributed by atoms with Crippen LogP contribution in [0.1, 0.15) is 25.1 Å². The number of aromatic amines is 1. The van der Waals surface area contributed by atoms with E-state index in [2.05, 4.69) is 15.3 Å². The molecule has 0 saturated heterocycles. The van der Waals surface area contributed by atoms with Crippen molar-refractivity contribution < 1.29 is 4.79 Å². The Hall–Kier alpha value is -1.32. The quantitative estimate of drug-likeness (QED) is 0.797. The zero-order valence-corrected chi connectivity index (χ0v) is 9.28. The molecular weight excluding hydrogens is 202 g/mol. The van der Waals surface area contributed by atoms with E-state index in [0.717, 1.165) is 12.2 Å². The molecule has 0 bridgehead atoms. The molecule has 1 heterocycles. The van der Waals surface area contributed by atoms with Gasteiger partial charge in [0.1, 0.15) is 5.82 Å². The summed E-state index contributed by atoms with van der Waals surface area (Å²) in [6.07, 6.45) is 8.19. The Balaban J connectivity index is 1.41. The number of rotatable bonds is 4. The van der Waals surface area contributed by atoms with Gasteiger partial charge in [0.05, 0.1) is 0 Å². The zero-order valence-electron chi connectivity index (χ0n) is 9.28. The van der Waals surface area contributed by atoms with E-state index >= 15 is 0 Å². The Labute approximate surface area is 94.8 Å². The van der Waals surface area contributed by atoms with E-state index in [-0.39, 0.29) is 5.91 Å². The lowest BCUT2D eigenvalue weighted by Crippen LogP contribution is -2.28. The molecular formula is C12H17N3O. The maximum Gasteiger partial charge on any atom is 0.223 e. The van der Waals surface area contributed by atoms with Gasteiger partial charge in [-0.15, -0.1) is 0 Å². The van der Waals surface area contributed by atoms with Gasteiger partial charge in [0.2, 0.25) is 5.91 Å². The second-order valence-corrected chi connectivity index (χ2v) is 4.86. The predicted molar refractivity (Wildman–Crippen MR) is 59.6 cm³/mol. The van der Waals surface area contributed by atoms with Crippen LogP contribution in [0, 0.1) is 17.8 Å². The van der Waals surface area contributed by atoms with Crippen molar-refractivity contribution in [1.29, 1.82) is 0 Å². The Morgan fingerprint density at radius 1 is 1.50 bits per heavy atom. The molecule has 0 aliphatic heterocycles. The average molecular weight is 219 g/mol. The minimum Gasteiger partial charge on any atom is -0.355 e. The van der Waals surface area contributed by atoms with Gasteiger partial charge < -0.3 is 10.3 Å². The Morgan fingerprint density at radius 2 is 2.31 bits per heavy atom. The summed E-state index contributed by atoms with van der Waals surface area (Å²) in [6.45, 7) is 0.697. The van der Waals surface area contributed by atoms with Crippen molar-refractivity contribution in [3.05, 3.63) is 18.2 Å². The average Bonchev–Trinajstić information content (AvgIpc) is 2.76. The molecule has 16 heavy (non-hydrogen) atoms. The molecule has 3 rings (SSSR count). The third kappa shape index (κ3) is 1.72. The van der Waals surface area contributed by atoms with Gasteiger partial charge in [-0.2, -0.15) is 0 Å². The van der Waals surface area contributed by atoms with E-state index in [4.69, 9.17) is 0 Å². The molecule has 2 atom stereocenters. The zero-order chi connectivity index (χ0) is 11.0. The number of imidazole rings is 1. The molecule has 2 aliphatic rings. The Morgan fingerprint density at radius 3 is 3.00 bits per heavy atom. The van der Waals surface area contributed by atoms with Crippen molar-refractivity contribution >= 4 is 5.91 Å². The fourth-order valence-corrected chi connectivity index (χ4v) is 3.07. The lowest BCUT2D eigenvalue weighted by atomic mass is 10.1. The first-order valence-electron chi connectivity index (χ1n) is 6.12. The summed E-state index contributed by atoms with van der Waals surface area (Å²) in [7, 11) is 0. The standard InChI is InChI=1S/C12H17N3O/c16-12(11-8-2-1-3-9(8)11)15-5-4-10-13-6-7-14-10/h6-9,11H,1-5H2,(H,13,14)(H,15,16). The van der Waals surface area contributed by atoms with Crippen LogP contribution in [0.4, 0.5) is 0 Å². The maximum atomic E-state index is 11.8. The molecule has 0 radical (unpaired) electrons. The molecule has 4 nitrogen and oxygen atoms in total. The molecule has 2 unspecified atom stereocenters. The van der Waals surface area contributed by atoms with Gasteiger partial charge in [-0.3, -0.25) is 4.79 Å². The van der Waals surface area contributed by atoms with Gasteiger partial charge in [-0.1, -0.05) is 6.42 Å². The highest BCUT2D eigenvalue weighted by atomic mass is 16.2. The molecule has 0 aromatic carbocycles. The van der Waals surface area contributed by atoms with E-state index in [1.165, 1.54) is 19.3 Å². The molecule has 86 valence electrons. The van der Waals surface area contributed by atoms with Gasteiger partial charge in [0.15, 0.2) is 0 Å². The van der Waals surface area contributed by atoms with Crippen LogP contribution in [0.15, 0.2) is 12.4 Å². The van der Waals surface area contributed by atoms with E-state index in [1.807, 2.05) is 6.20 Å². The molecule has 0 spiro atoms. The fourth-order valence-electron chi connectivity index (χ4n) is 3.07. The number of nitrogens with zero attached hydrogens (tertiary/aromatic N) is 1. The lowest BCUT2D eigenvalue weighted by molar-refractivity contribution is -0.123. The summed E-state index contributed by atoms with van der Waals surface area (Å²) >= 11 is 0. The van der Waals surface area contributed by atoms with Crippen molar-refractivity contribution in [2.75, 3.05) is 6.54 Å². The number of hydrogen-bond acceptors (Lipinski definition) is 2. The summed E-state index contributed by atoms with van der Waals surface area (Å²) in [6, 6.07) is 0. The second kappa shape index (κ2) is 3.92. The molecule has 2 N–H and O–H groups in total. The molecule has 2 aliphatic carbocycles. The Kier molecular flexibility index (Phi) is 2.42. The van der Waals surface area contributed by atoms with Gasteiger partial charge >= 0.3 is 0 Å². The fraction of sp³-hybridized carbons (Fsp3) is 0.667.